The Kier molecular flexibility index (Phi) is 3.76. The molecule has 0 amide bonds. The van der Waals surface area contributed by atoms with Gasteiger partial charge in [-0.05, 0) is 34.7 Å². The minimum absolute atomic E-state index is 0.398. The van der Waals surface area contributed by atoms with Crippen molar-refractivity contribution in [3.63, 3.8) is 0 Å². The van der Waals surface area contributed by atoms with E-state index >= 15 is 0 Å². The predicted molar refractivity (Wildman–Crippen MR) is 68.3 cm³/mol. The van der Waals surface area contributed by atoms with Crippen molar-refractivity contribution >= 4 is 21.7 Å². The zero-order chi connectivity index (χ0) is 11.5. The Bertz CT molecular complexity index is 358. The summed E-state index contributed by atoms with van der Waals surface area (Å²) in [5.41, 5.74) is 5.84. The summed E-state index contributed by atoms with van der Waals surface area (Å²) in [6, 6.07) is 0.398. The molecule has 0 spiro atoms. The van der Waals surface area contributed by atoms with Crippen LogP contribution < -0.4 is 10.6 Å². The molecule has 16 heavy (non-hydrogen) atoms. The SMILES string of the molecule is CC1CCN(c2ncncc2Br)C(CN)C1. The number of rotatable bonds is 2. The van der Waals surface area contributed by atoms with E-state index in [9.17, 15) is 0 Å². The quantitative estimate of drug-likeness (QED) is 0.900. The minimum Gasteiger partial charge on any atom is -0.351 e. The third kappa shape index (κ3) is 2.35. The first-order valence-corrected chi connectivity index (χ1v) is 6.44. The summed E-state index contributed by atoms with van der Waals surface area (Å²) in [6.07, 6.45) is 5.72. The van der Waals surface area contributed by atoms with Gasteiger partial charge in [-0.15, -0.1) is 0 Å². The number of nitrogens with zero attached hydrogens (tertiary/aromatic N) is 3. The molecule has 5 heteroatoms. The van der Waals surface area contributed by atoms with Gasteiger partial charge in [0.25, 0.3) is 0 Å². The smallest absolute Gasteiger partial charge is 0.146 e. The molecule has 1 aromatic heterocycles. The van der Waals surface area contributed by atoms with Gasteiger partial charge in [0.15, 0.2) is 0 Å². The molecule has 2 atom stereocenters. The summed E-state index contributed by atoms with van der Waals surface area (Å²) in [7, 11) is 0. The maximum atomic E-state index is 5.84. The van der Waals surface area contributed by atoms with E-state index in [1.807, 2.05) is 0 Å². The van der Waals surface area contributed by atoms with E-state index in [-0.39, 0.29) is 0 Å². The Hall–Kier alpha value is -0.680. The van der Waals surface area contributed by atoms with Crippen molar-refractivity contribution in [3.8, 4) is 0 Å². The third-order valence-electron chi connectivity index (χ3n) is 3.17. The van der Waals surface area contributed by atoms with Gasteiger partial charge in [0.2, 0.25) is 0 Å². The van der Waals surface area contributed by atoms with Crippen molar-refractivity contribution < 1.29 is 0 Å². The van der Waals surface area contributed by atoms with Crippen LogP contribution in [-0.2, 0) is 0 Å². The Morgan fingerprint density at radius 3 is 3.12 bits per heavy atom. The highest BCUT2D eigenvalue weighted by molar-refractivity contribution is 9.10. The molecule has 1 saturated heterocycles. The number of hydrogen-bond acceptors (Lipinski definition) is 4. The first kappa shape index (κ1) is 11.8. The summed E-state index contributed by atoms with van der Waals surface area (Å²) in [5.74, 6) is 1.72. The monoisotopic (exact) mass is 284 g/mol. The van der Waals surface area contributed by atoms with E-state index in [0.29, 0.717) is 12.6 Å². The van der Waals surface area contributed by atoms with Crippen LogP contribution in [0.25, 0.3) is 0 Å². The standard InChI is InChI=1S/C11H17BrN4/c1-8-2-3-16(9(4-8)5-13)11-10(12)6-14-7-15-11/h6-9H,2-5,13H2,1H3. The Morgan fingerprint density at radius 2 is 2.44 bits per heavy atom. The van der Waals surface area contributed by atoms with Crippen LogP contribution in [-0.4, -0.2) is 29.1 Å². The zero-order valence-electron chi connectivity index (χ0n) is 9.43. The molecule has 1 aromatic rings. The molecule has 0 aromatic carbocycles. The van der Waals surface area contributed by atoms with Gasteiger partial charge in [0, 0.05) is 25.3 Å². The molecule has 1 aliphatic heterocycles. The second kappa shape index (κ2) is 5.10. The van der Waals surface area contributed by atoms with Crippen LogP contribution >= 0.6 is 15.9 Å². The molecule has 2 rings (SSSR count). The fraction of sp³-hybridized carbons (Fsp3) is 0.636. The molecule has 4 nitrogen and oxygen atoms in total. The van der Waals surface area contributed by atoms with E-state index in [1.165, 1.54) is 6.42 Å². The third-order valence-corrected chi connectivity index (χ3v) is 3.73. The number of hydrogen-bond donors (Lipinski definition) is 1. The summed E-state index contributed by atoms with van der Waals surface area (Å²) < 4.78 is 0.947. The molecule has 1 fully saturated rings. The minimum atomic E-state index is 0.398. The van der Waals surface area contributed by atoms with Gasteiger partial charge < -0.3 is 10.6 Å². The maximum absolute atomic E-state index is 5.84. The van der Waals surface area contributed by atoms with Crippen LogP contribution in [0.4, 0.5) is 5.82 Å². The molecule has 1 aliphatic rings. The highest BCUT2D eigenvalue weighted by Gasteiger charge is 2.27. The molecule has 88 valence electrons. The van der Waals surface area contributed by atoms with Crippen molar-refractivity contribution in [1.82, 2.24) is 9.97 Å². The molecule has 2 N–H and O–H groups in total. The molecule has 0 radical (unpaired) electrons. The second-order valence-electron chi connectivity index (χ2n) is 4.41. The molecule has 2 unspecified atom stereocenters. The first-order chi connectivity index (χ1) is 7.72. The number of nitrogens with two attached hydrogens (primary N) is 1. The van der Waals surface area contributed by atoms with Crippen molar-refractivity contribution in [1.29, 1.82) is 0 Å². The maximum Gasteiger partial charge on any atom is 0.146 e. The van der Waals surface area contributed by atoms with Gasteiger partial charge in [0.05, 0.1) is 4.47 Å². The average molecular weight is 285 g/mol. The zero-order valence-corrected chi connectivity index (χ0v) is 11.0. The summed E-state index contributed by atoms with van der Waals surface area (Å²) in [4.78, 5) is 10.6. The van der Waals surface area contributed by atoms with Gasteiger partial charge in [0.1, 0.15) is 12.1 Å². The molecular weight excluding hydrogens is 268 g/mol. The summed E-state index contributed by atoms with van der Waals surface area (Å²) in [5, 5.41) is 0. The normalized spacial score (nSPS) is 25.8. The lowest BCUT2D eigenvalue weighted by molar-refractivity contribution is 0.364. The van der Waals surface area contributed by atoms with Gasteiger partial charge in [-0.25, -0.2) is 9.97 Å². The Labute approximate surface area is 104 Å². The average Bonchev–Trinajstić information content (AvgIpc) is 2.30. The topological polar surface area (TPSA) is 55.0 Å². The van der Waals surface area contributed by atoms with E-state index < -0.39 is 0 Å². The molecule has 0 saturated carbocycles. The van der Waals surface area contributed by atoms with Crippen LogP contribution in [0.2, 0.25) is 0 Å². The largest absolute Gasteiger partial charge is 0.351 e. The summed E-state index contributed by atoms with van der Waals surface area (Å²) >= 11 is 3.50. The van der Waals surface area contributed by atoms with Gasteiger partial charge in [-0.2, -0.15) is 0 Å². The van der Waals surface area contributed by atoms with Crippen LogP contribution in [0.15, 0.2) is 17.0 Å². The lowest BCUT2D eigenvalue weighted by Gasteiger charge is -2.39. The molecule has 2 heterocycles. The predicted octanol–water partition coefficient (Wildman–Crippen LogP) is 1.80. The van der Waals surface area contributed by atoms with E-state index in [4.69, 9.17) is 5.73 Å². The first-order valence-electron chi connectivity index (χ1n) is 5.64. The molecule has 0 bridgehead atoms. The molecule has 0 aliphatic carbocycles. The number of piperidine rings is 1. The van der Waals surface area contributed by atoms with Crippen LogP contribution in [0.1, 0.15) is 19.8 Å². The highest BCUT2D eigenvalue weighted by atomic mass is 79.9. The van der Waals surface area contributed by atoms with Crippen LogP contribution in [0, 0.1) is 5.92 Å². The fourth-order valence-corrected chi connectivity index (χ4v) is 2.72. The highest BCUT2D eigenvalue weighted by Crippen LogP contribution is 2.30. The lowest BCUT2D eigenvalue weighted by Crippen LogP contribution is -2.46. The van der Waals surface area contributed by atoms with Crippen LogP contribution in [0.5, 0.6) is 0 Å². The van der Waals surface area contributed by atoms with Crippen LogP contribution in [0.3, 0.4) is 0 Å². The number of halogens is 1. The fourth-order valence-electron chi connectivity index (χ4n) is 2.27. The van der Waals surface area contributed by atoms with Crippen molar-refractivity contribution in [2.45, 2.75) is 25.8 Å². The number of aromatic nitrogens is 2. The number of anilines is 1. The second-order valence-corrected chi connectivity index (χ2v) is 5.26. The van der Waals surface area contributed by atoms with Gasteiger partial charge in [-0.3, -0.25) is 0 Å². The van der Waals surface area contributed by atoms with E-state index in [1.54, 1.807) is 12.5 Å². The van der Waals surface area contributed by atoms with E-state index in [2.05, 4.69) is 37.7 Å². The van der Waals surface area contributed by atoms with Crippen molar-refractivity contribution in [3.05, 3.63) is 17.0 Å². The van der Waals surface area contributed by atoms with Gasteiger partial charge >= 0.3 is 0 Å². The van der Waals surface area contributed by atoms with Crippen molar-refractivity contribution in [2.75, 3.05) is 18.0 Å². The lowest BCUT2D eigenvalue weighted by atomic mass is 9.92. The summed E-state index contributed by atoms with van der Waals surface area (Å²) in [6.45, 7) is 3.99. The Balaban J connectivity index is 2.22. The van der Waals surface area contributed by atoms with Gasteiger partial charge in [-0.1, -0.05) is 6.92 Å². The van der Waals surface area contributed by atoms with E-state index in [0.717, 1.165) is 29.2 Å². The molecular formula is C11H17BrN4. The van der Waals surface area contributed by atoms with Crippen molar-refractivity contribution in [2.24, 2.45) is 11.7 Å². The Morgan fingerprint density at radius 1 is 1.62 bits per heavy atom.